The zero-order valence-corrected chi connectivity index (χ0v) is 23.4. The molecule has 0 aliphatic rings. The molecule has 3 nitrogen and oxygen atoms in total. The maximum atomic E-state index is 14.9. The molecule has 0 spiro atoms. The Morgan fingerprint density at radius 1 is 0.525 bits per heavy atom. The summed E-state index contributed by atoms with van der Waals surface area (Å²) in [5.74, 6) is -0.00763. The van der Waals surface area contributed by atoms with E-state index in [1.165, 1.54) is 0 Å². The lowest BCUT2D eigenvalue weighted by Crippen LogP contribution is -2.44. The van der Waals surface area contributed by atoms with Gasteiger partial charge in [0.2, 0.25) is 0 Å². The lowest BCUT2D eigenvalue weighted by atomic mass is 9.99. The van der Waals surface area contributed by atoms with E-state index in [0.29, 0.717) is 30.1 Å². The molecule has 200 valence electrons. The zero-order chi connectivity index (χ0) is 27.6. The van der Waals surface area contributed by atoms with Gasteiger partial charge >= 0.3 is 0 Å². The summed E-state index contributed by atoms with van der Waals surface area (Å²) in [6.07, 6.45) is 0.515. The molecular formula is C36H34NO2P. The first kappa shape index (κ1) is 27.5. The molecule has 4 heteroatoms. The Hall–Kier alpha value is -4.04. The summed E-state index contributed by atoms with van der Waals surface area (Å²) < 4.78 is 14.9. The van der Waals surface area contributed by atoms with E-state index in [9.17, 15) is 9.36 Å². The lowest BCUT2D eigenvalue weighted by Gasteiger charge is -2.32. The van der Waals surface area contributed by atoms with Crippen molar-refractivity contribution in [1.82, 2.24) is 4.90 Å². The Morgan fingerprint density at radius 3 is 1.27 bits per heavy atom. The van der Waals surface area contributed by atoms with E-state index in [2.05, 4.69) is 41.3 Å². The van der Waals surface area contributed by atoms with Crippen LogP contribution in [0.2, 0.25) is 0 Å². The second-order valence-corrected chi connectivity index (χ2v) is 12.9. The van der Waals surface area contributed by atoms with Crippen molar-refractivity contribution in [3.63, 3.8) is 0 Å². The van der Waals surface area contributed by atoms with Crippen LogP contribution in [0, 0.1) is 0 Å². The van der Waals surface area contributed by atoms with Gasteiger partial charge in [0.05, 0.1) is 12.2 Å². The fraction of sp³-hybridized carbons (Fsp3) is 0.139. The second-order valence-electron chi connectivity index (χ2n) is 10.1. The highest BCUT2D eigenvalue weighted by Crippen LogP contribution is 2.43. The predicted octanol–water partition coefficient (Wildman–Crippen LogP) is 6.88. The zero-order valence-electron chi connectivity index (χ0n) is 22.6. The number of rotatable bonds is 12. The van der Waals surface area contributed by atoms with Gasteiger partial charge in [-0.05, 0) is 23.1 Å². The SMILES string of the molecule is O=C(CP(=O)(c1ccccc1)c1ccccc1)C(Cc1ccccc1)N(Cc1ccccc1)Cc1ccccc1. The first-order valence-electron chi connectivity index (χ1n) is 13.7. The topological polar surface area (TPSA) is 37.4 Å². The van der Waals surface area contributed by atoms with Gasteiger partial charge in [0, 0.05) is 23.7 Å². The minimum absolute atomic E-state index is 0.00763. The monoisotopic (exact) mass is 543 g/mol. The molecule has 0 fully saturated rings. The lowest BCUT2D eigenvalue weighted by molar-refractivity contribution is -0.122. The molecule has 40 heavy (non-hydrogen) atoms. The van der Waals surface area contributed by atoms with E-state index in [1.807, 2.05) is 115 Å². The van der Waals surface area contributed by atoms with Gasteiger partial charge in [-0.3, -0.25) is 9.69 Å². The molecule has 5 aromatic carbocycles. The van der Waals surface area contributed by atoms with E-state index in [1.54, 1.807) is 0 Å². The number of carbonyl (C=O) groups is 1. The normalized spacial score (nSPS) is 12.2. The summed E-state index contributed by atoms with van der Waals surface area (Å²) in [7, 11) is -3.22. The Balaban J connectivity index is 1.55. The molecule has 0 bridgehead atoms. The Morgan fingerprint density at radius 2 is 0.875 bits per heavy atom. The van der Waals surface area contributed by atoms with Crippen LogP contribution < -0.4 is 10.6 Å². The average molecular weight is 544 g/mol. The molecule has 0 aliphatic heterocycles. The van der Waals surface area contributed by atoms with Crippen LogP contribution in [0.4, 0.5) is 0 Å². The van der Waals surface area contributed by atoms with Crippen molar-refractivity contribution >= 4 is 23.5 Å². The number of hydrogen-bond donors (Lipinski definition) is 0. The van der Waals surface area contributed by atoms with E-state index < -0.39 is 13.2 Å². The quantitative estimate of drug-likeness (QED) is 0.161. The first-order valence-corrected chi connectivity index (χ1v) is 15.6. The first-order chi connectivity index (χ1) is 19.6. The van der Waals surface area contributed by atoms with Crippen molar-refractivity contribution in [2.45, 2.75) is 25.6 Å². The third-order valence-corrected chi connectivity index (χ3v) is 10.3. The van der Waals surface area contributed by atoms with E-state index in [0.717, 1.165) is 16.7 Å². The maximum absolute atomic E-state index is 14.9. The van der Waals surface area contributed by atoms with Crippen molar-refractivity contribution in [3.05, 3.63) is 168 Å². The van der Waals surface area contributed by atoms with Crippen LogP contribution in [0.1, 0.15) is 16.7 Å². The maximum Gasteiger partial charge on any atom is 0.158 e. The second kappa shape index (κ2) is 13.3. The van der Waals surface area contributed by atoms with Gasteiger partial charge in [0.25, 0.3) is 0 Å². The standard InChI is InChI=1S/C36H34NO2P/c38-36(29-40(39,33-22-12-4-13-23-33)34-24-14-5-15-25-34)35(26-30-16-6-1-7-17-30)37(27-31-18-8-2-9-19-31)28-32-20-10-3-11-21-32/h1-25,35H,26-29H2. The Bertz CT molecular complexity index is 1440. The van der Waals surface area contributed by atoms with Gasteiger partial charge in [0.1, 0.15) is 7.14 Å². The molecule has 0 saturated carbocycles. The third-order valence-electron chi connectivity index (χ3n) is 7.27. The van der Waals surface area contributed by atoms with Crippen LogP contribution >= 0.6 is 7.14 Å². The average Bonchev–Trinajstić information content (AvgIpc) is 3.02. The third kappa shape index (κ3) is 6.93. The molecule has 0 heterocycles. The van der Waals surface area contributed by atoms with Crippen LogP contribution in [0.3, 0.4) is 0 Å². The van der Waals surface area contributed by atoms with Crippen molar-refractivity contribution in [2.24, 2.45) is 0 Å². The van der Waals surface area contributed by atoms with Gasteiger partial charge < -0.3 is 4.57 Å². The number of Topliss-reactive ketones (excluding diaryl/α,β-unsaturated/α-hetero) is 1. The highest BCUT2D eigenvalue weighted by atomic mass is 31.2. The number of carbonyl (C=O) groups excluding carboxylic acids is 1. The molecule has 1 atom stereocenters. The highest BCUT2D eigenvalue weighted by molar-refractivity contribution is 7.79. The van der Waals surface area contributed by atoms with Crippen molar-refractivity contribution in [1.29, 1.82) is 0 Å². The van der Waals surface area contributed by atoms with Gasteiger partial charge in [-0.1, -0.05) is 152 Å². The Kier molecular flexibility index (Phi) is 9.18. The Labute approximate surface area is 237 Å². The molecule has 5 aromatic rings. The minimum Gasteiger partial charge on any atom is -0.313 e. The molecule has 0 radical (unpaired) electrons. The highest BCUT2D eigenvalue weighted by Gasteiger charge is 2.35. The summed E-state index contributed by atoms with van der Waals surface area (Å²) in [5.41, 5.74) is 3.36. The fourth-order valence-electron chi connectivity index (χ4n) is 5.19. The fourth-order valence-corrected chi connectivity index (χ4v) is 7.81. The van der Waals surface area contributed by atoms with Gasteiger partial charge in [-0.2, -0.15) is 0 Å². The number of benzene rings is 5. The summed E-state index contributed by atoms with van der Waals surface area (Å²) in [6, 6.07) is 49.2. The summed E-state index contributed by atoms with van der Waals surface area (Å²) in [6.45, 7) is 1.22. The summed E-state index contributed by atoms with van der Waals surface area (Å²) in [5, 5.41) is 1.43. The molecule has 0 saturated heterocycles. The molecule has 0 amide bonds. The summed E-state index contributed by atoms with van der Waals surface area (Å²) in [4.78, 5) is 16.8. The predicted molar refractivity (Wildman–Crippen MR) is 166 cm³/mol. The van der Waals surface area contributed by atoms with Crippen LogP contribution in [0.15, 0.2) is 152 Å². The number of ketones is 1. The smallest absolute Gasteiger partial charge is 0.158 e. The largest absolute Gasteiger partial charge is 0.313 e. The van der Waals surface area contributed by atoms with Gasteiger partial charge in [-0.15, -0.1) is 0 Å². The van der Waals surface area contributed by atoms with Gasteiger partial charge in [-0.25, -0.2) is 0 Å². The minimum atomic E-state index is -3.22. The molecule has 0 aromatic heterocycles. The van der Waals surface area contributed by atoms with E-state index in [-0.39, 0.29) is 11.9 Å². The number of nitrogens with zero attached hydrogens (tertiary/aromatic N) is 1. The molecule has 5 rings (SSSR count). The van der Waals surface area contributed by atoms with Crippen LogP contribution in [0.25, 0.3) is 0 Å². The van der Waals surface area contributed by atoms with Crippen LogP contribution in [-0.4, -0.2) is 22.9 Å². The van der Waals surface area contributed by atoms with Crippen LogP contribution in [-0.2, 0) is 28.9 Å². The van der Waals surface area contributed by atoms with E-state index >= 15 is 0 Å². The van der Waals surface area contributed by atoms with Crippen molar-refractivity contribution in [2.75, 3.05) is 6.16 Å². The number of hydrogen-bond acceptors (Lipinski definition) is 3. The molecule has 1 unspecified atom stereocenters. The van der Waals surface area contributed by atoms with Crippen molar-refractivity contribution < 1.29 is 9.36 Å². The van der Waals surface area contributed by atoms with Gasteiger partial charge in [0.15, 0.2) is 5.78 Å². The molecule has 0 aliphatic carbocycles. The summed E-state index contributed by atoms with van der Waals surface area (Å²) >= 11 is 0. The van der Waals surface area contributed by atoms with Crippen molar-refractivity contribution in [3.8, 4) is 0 Å². The molecule has 0 N–H and O–H groups in total. The van der Waals surface area contributed by atoms with E-state index in [4.69, 9.17) is 0 Å². The van der Waals surface area contributed by atoms with Crippen LogP contribution in [0.5, 0.6) is 0 Å². The molecular weight excluding hydrogens is 509 g/mol.